The molecule has 0 unspecified atom stereocenters. The van der Waals surface area contributed by atoms with Gasteiger partial charge >= 0.3 is 6.09 Å². The van der Waals surface area contributed by atoms with E-state index < -0.39 is 5.60 Å². The highest BCUT2D eigenvalue weighted by molar-refractivity contribution is 5.94. The first-order chi connectivity index (χ1) is 11.7. The fourth-order valence-electron chi connectivity index (χ4n) is 2.83. The first kappa shape index (κ1) is 18.8. The molecule has 1 aromatic carbocycles. The number of ether oxygens (including phenoxy) is 1. The monoisotopic (exact) mass is 343 g/mol. The predicted molar refractivity (Wildman–Crippen MR) is 94.1 cm³/mol. The van der Waals surface area contributed by atoms with Gasteiger partial charge in [-0.3, -0.25) is 4.79 Å². The second kappa shape index (κ2) is 7.56. The maximum Gasteiger partial charge on any atom is 0.410 e. The van der Waals surface area contributed by atoms with E-state index in [4.69, 9.17) is 10.00 Å². The first-order valence-electron chi connectivity index (χ1n) is 8.42. The highest BCUT2D eigenvalue weighted by Crippen LogP contribution is 2.20. The number of amides is 2. The minimum atomic E-state index is -0.530. The zero-order valence-corrected chi connectivity index (χ0v) is 15.3. The smallest absolute Gasteiger partial charge is 0.410 e. The second-order valence-electron chi connectivity index (χ2n) is 7.32. The highest BCUT2D eigenvalue weighted by Gasteiger charge is 2.33. The molecule has 0 spiro atoms. The SMILES string of the molecule is CN(C(=O)c1cccc(CC#N)c1)[C@H]1CCN(C(=O)OC(C)(C)C)C1. The van der Waals surface area contributed by atoms with Gasteiger partial charge in [-0.1, -0.05) is 12.1 Å². The van der Waals surface area contributed by atoms with E-state index in [9.17, 15) is 9.59 Å². The van der Waals surface area contributed by atoms with E-state index in [0.717, 1.165) is 12.0 Å². The average Bonchev–Trinajstić information content (AvgIpc) is 3.02. The molecule has 0 saturated carbocycles. The third-order valence-corrected chi connectivity index (χ3v) is 4.14. The summed E-state index contributed by atoms with van der Waals surface area (Å²) in [5.74, 6) is -0.101. The molecule has 1 atom stereocenters. The quantitative estimate of drug-likeness (QED) is 0.846. The molecule has 1 fully saturated rings. The summed E-state index contributed by atoms with van der Waals surface area (Å²) < 4.78 is 5.39. The lowest BCUT2D eigenvalue weighted by atomic mass is 10.1. The van der Waals surface area contributed by atoms with Crippen LogP contribution in [-0.4, -0.2) is 53.6 Å². The second-order valence-corrected chi connectivity index (χ2v) is 7.32. The van der Waals surface area contributed by atoms with Crippen molar-refractivity contribution >= 4 is 12.0 Å². The standard InChI is InChI=1S/C19H25N3O3/c1-19(2,3)25-18(24)22-11-9-16(13-22)21(4)17(23)15-7-5-6-14(12-15)8-10-20/h5-7,12,16H,8-9,11,13H2,1-4H3/t16-/m0/s1. The van der Waals surface area contributed by atoms with Crippen LogP contribution in [0.25, 0.3) is 0 Å². The van der Waals surface area contributed by atoms with Gasteiger partial charge in [-0.05, 0) is 44.9 Å². The fraction of sp³-hybridized carbons (Fsp3) is 0.526. The summed E-state index contributed by atoms with van der Waals surface area (Å²) in [6.45, 7) is 6.55. The zero-order chi connectivity index (χ0) is 18.6. The largest absolute Gasteiger partial charge is 0.444 e. The summed E-state index contributed by atoms with van der Waals surface area (Å²) in [5.41, 5.74) is 0.854. The van der Waals surface area contributed by atoms with Gasteiger partial charge in [-0.2, -0.15) is 5.26 Å². The van der Waals surface area contributed by atoms with Gasteiger partial charge in [0.2, 0.25) is 0 Å². The van der Waals surface area contributed by atoms with Crippen LogP contribution in [0.5, 0.6) is 0 Å². The molecular formula is C19H25N3O3. The van der Waals surface area contributed by atoms with Crippen LogP contribution in [0.15, 0.2) is 24.3 Å². The topological polar surface area (TPSA) is 73.6 Å². The molecule has 2 amide bonds. The molecular weight excluding hydrogens is 318 g/mol. The molecule has 1 aliphatic heterocycles. The summed E-state index contributed by atoms with van der Waals surface area (Å²) in [7, 11) is 1.75. The zero-order valence-electron chi connectivity index (χ0n) is 15.3. The molecule has 0 N–H and O–H groups in total. The van der Waals surface area contributed by atoms with Gasteiger partial charge in [-0.15, -0.1) is 0 Å². The van der Waals surface area contributed by atoms with Crippen LogP contribution < -0.4 is 0 Å². The minimum absolute atomic E-state index is 0.0420. The molecule has 0 aliphatic carbocycles. The summed E-state index contributed by atoms with van der Waals surface area (Å²) >= 11 is 0. The maximum atomic E-state index is 12.7. The summed E-state index contributed by atoms with van der Waals surface area (Å²) in [6.07, 6.45) is 0.659. The van der Waals surface area contributed by atoms with Gasteiger partial charge in [0.05, 0.1) is 18.5 Å². The van der Waals surface area contributed by atoms with Crippen molar-refractivity contribution in [2.24, 2.45) is 0 Å². The van der Waals surface area contributed by atoms with Gasteiger partial charge in [0.1, 0.15) is 5.60 Å². The van der Waals surface area contributed by atoms with Gasteiger partial charge in [0.15, 0.2) is 0 Å². The summed E-state index contributed by atoms with van der Waals surface area (Å²) in [4.78, 5) is 28.2. The summed E-state index contributed by atoms with van der Waals surface area (Å²) in [6, 6.07) is 9.17. The van der Waals surface area contributed by atoms with E-state index in [0.29, 0.717) is 18.7 Å². The molecule has 6 heteroatoms. The number of benzene rings is 1. The van der Waals surface area contributed by atoms with E-state index in [-0.39, 0.29) is 24.5 Å². The van der Waals surface area contributed by atoms with Crippen molar-refractivity contribution in [2.75, 3.05) is 20.1 Å². The molecule has 1 aromatic rings. The third kappa shape index (κ3) is 4.96. The Morgan fingerprint density at radius 2 is 2.12 bits per heavy atom. The highest BCUT2D eigenvalue weighted by atomic mass is 16.6. The molecule has 1 aliphatic rings. The lowest BCUT2D eigenvalue weighted by molar-refractivity contribution is 0.0279. The molecule has 0 bridgehead atoms. The number of likely N-dealkylation sites (tertiary alicyclic amines) is 1. The predicted octanol–water partition coefficient (Wildman–Crippen LogP) is 2.83. The van der Waals surface area contributed by atoms with Crippen LogP contribution in [0.4, 0.5) is 4.79 Å². The number of nitriles is 1. The minimum Gasteiger partial charge on any atom is -0.444 e. The van der Waals surface area contributed by atoms with Crippen LogP contribution in [0, 0.1) is 11.3 Å². The van der Waals surface area contributed by atoms with Crippen molar-refractivity contribution < 1.29 is 14.3 Å². The van der Waals surface area contributed by atoms with Gasteiger partial charge in [0, 0.05) is 25.7 Å². The van der Waals surface area contributed by atoms with E-state index in [2.05, 4.69) is 6.07 Å². The van der Waals surface area contributed by atoms with Crippen LogP contribution in [0.2, 0.25) is 0 Å². The maximum absolute atomic E-state index is 12.7. The molecule has 1 heterocycles. The van der Waals surface area contributed by atoms with Crippen LogP contribution >= 0.6 is 0 Å². The van der Waals surface area contributed by atoms with E-state index >= 15 is 0 Å². The van der Waals surface area contributed by atoms with E-state index in [1.54, 1.807) is 35.0 Å². The van der Waals surface area contributed by atoms with Crippen molar-refractivity contribution in [3.63, 3.8) is 0 Å². The Hall–Kier alpha value is -2.55. The Labute approximate surface area is 149 Å². The number of carbonyl (C=O) groups excluding carboxylic acids is 2. The van der Waals surface area contributed by atoms with Gasteiger partial charge < -0.3 is 14.5 Å². The lowest BCUT2D eigenvalue weighted by Crippen LogP contribution is -2.41. The molecule has 1 saturated heterocycles. The lowest BCUT2D eigenvalue weighted by Gasteiger charge is -2.27. The fourth-order valence-corrected chi connectivity index (χ4v) is 2.83. The van der Waals surface area contributed by atoms with Crippen LogP contribution in [0.3, 0.4) is 0 Å². The van der Waals surface area contributed by atoms with Crippen molar-refractivity contribution in [2.45, 2.75) is 45.3 Å². The number of rotatable bonds is 3. The Morgan fingerprint density at radius 1 is 1.40 bits per heavy atom. The van der Waals surface area contributed by atoms with Crippen LogP contribution in [0.1, 0.15) is 43.1 Å². The van der Waals surface area contributed by atoms with Crippen molar-refractivity contribution in [1.29, 1.82) is 5.26 Å². The number of likely N-dealkylation sites (N-methyl/N-ethyl adjacent to an activating group) is 1. The van der Waals surface area contributed by atoms with E-state index in [1.807, 2.05) is 26.8 Å². The van der Waals surface area contributed by atoms with Gasteiger partial charge in [-0.25, -0.2) is 4.79 Å². The molecule has 0 radical (unpaired) electrons. The Kier molecular flexibility index (Phi) is 5.68. The van der Waals surface area contributed by atoms with Crippen molar-refractivity contribution in [1.82, 2.24) is 9.80 Å². The third-order valence-electron chi connectivity index (χ3n) is 4.14. The molecule has 134 valence electrons. The summed E-state index contributed by atoms with van der Waals surface area (Å²) in [5, 5.41) is 8.80. The molecule has 0 aromatic heterocycles. The average molecular weight is 343 g/mol. The number of hydrogen-bond acceptors (Lipinski definition) is 4. The van der Waals surface area contributed by atoms with Crippen molar-refractivity contribution in [3.05, 3.63) is 35.4 Å². The number of hydrogen-bond donors (Lipinski definition) is 0. The normalized spacial score (nSPS) is 17.1. The molecule has 6 nitrogen and oxygen atoms in total. The first-order valence-corrected chi connectivity index (χ1v) is 8.42. The Bertz CT molecular complexity index is 688. The number of nitrogens with zero attached hydrogens (tertiary/aromatic N) is 3. The Balaban J connectivity index is 2.00. The Morgan fingerprint density at radius 3 is 2.76 bits per heavy atom. The molecule has 25 heavy (non-hydrogen) atoms. The van der Waals surface area contributed by atoms with E-state index in [1.165, 1.54) is 0 Å². The van der Waals surface area contributed by atoms with Crippen molar-refractivity contribution in [3.8, 4) is 6.07 Å². The number of carbonyl (C=O) groups is 2. The van der Waals surface area contributed by atoms with Crippen LogP contribution in [-0.2, 0) is 11.2 Å². The molecule has 2 rings (SSSR count). The van der Waals surface area contributed by atoms with Gasteiger partial charge in [0.25, 0.3) is 5.91 Å².